The predicted octanol–water partition coefficient (Wildman–Crippen LogP) is 5.92. The highest BCUT2D eigenvalue weighted by Crippen LogP contribution is 2.33. The zero-order chi connectivity index (χ0) is 24.5. The summed E-state index contributed by atoms with van der Waals surface area (Å²) in [5.74, 6) is -0.745. The minimum Gasteiger partial charge on any atom is -0.462 e. The van der Waals surface area contributed by atoms with Gasteiger partial charge in [-0.3, -0.25) is 14.5 Å². The molecular formula is C25H25ClN2O4S2. The van der Waals surface area contributed by atoms with Crippen LogP contribution in [-0.2, 0) is 14.3 Å². The zero-order valence-corrected chi connectivity index (χ0v) is 21.1. The third-order valence-corrected chi connectivity index (χ3v) is 6.71. The molecule has 178 valence electrons. The molecule has 1 heterocycles. The zero-order valence-electron chi connectivity index (χ0n) is 18.7. The topological polar surface area (TPSA) is 75.7 Å². The van der Waals surface area contributed by atoms with Gasteiger partial charge in [-0.2, -0.15) is 0 Å². The molecule has 0 aliphatic carbocycles. The summed E-state index contributed by atoms with van der Waals surface area (Å²) in [6.07, 6.45) is 4.19. The Kier molecular flexibility index (Phi) is 9.68. The van der Waals surface area contributed by atoms with E-state index in [1.165, 1.54) is 16.7 Å². The maximum atomic E-state index is 12.7. The van der Waals surface area contributed by atoms with Gasteiger partial charge in [0.1, 0.15) is 4.32 Å². The number of hydrogen-bond acceptors (Lipinski definition) is 6. The quantitative estimate of drug-likeness (QED) is 0.183. The minimum atomic E-state index is -0.376. The van der Waals surface area contributed by atoms with Crippen LogP contribution in [-0.4, -0.2) is 40.2 Å². The Morgan fingerprint density at radius 3 is 2.59 bits per heavy atom. The molecule has 34 heavy (non-hydrogen) atoms. The van der Waals surface area contributed by atoms with E-state index >= 15 is 0 Å². The molecule has 1 aliphatic rings. The van der Waals surface area contributed by atoms with Crippen molar-refractivity contribution in [1.82, 2.24) is 4.90 Å². The van der Waals surface area contributed by atoms with Crippen molar-refractivity contribution in [2.24, 2.45) is 0 Å². The molecular weight excluding hydrogens is 492 g/mol. The molecule has 2 aromatic rings. The Morgan fingerprint density at radius 2 is 1.88 bits per heavy atom. The highest BCUT2D eigenvalue weighted by Gasteiger charge is 2.31. The van der Waals surface area contributed by atoms with E-state index in [1.54, 1.807) is 36.4 Å². The Hall–Kier alpha value is -2.68. The van der Waals surface area contributed by atoms with Gasteiger partial charge in [0.15, 0.2) is 0 Å². The van der Waals surface area contributed by atoms with Gasteiger partial charge >= 0.3 is 5.97 Å². The standard InChI is InChI=1S/C25H25ClN2O4S2/c1-2-3-15-32-24(31)17-10-12-19(13-11-17)27-22(29)9-6-14-28-23(30)21(34-25(28)33)16-18-7-4-5-8-20(18)26/h4-5,7-8,10-13,16H,2-3,6,9,14-15H2,1H3,(H,27,29). The first-order chi connectivity index (χ1) is 16.4. The number of carbonyl (C=O) groups excluding carboxylic acids is 3. The van der Waals surface area contributed by atoms with E-state index in [2.05, 4.69) is 5.32 Å². The molecule has 3 rings (SSSR count). The van der Waals surface area contributed by atoms with Gasteiger partial charge in [-0.1, -0.05) is 67.1 Å². The molecule has 1 aliphatic heterocycles. The summed E-state index contributed by atoms with van der Waals surface area (Å²) in [7, 11) is 0. The molecule has 0 aromatic heterocycles. The summed E-state index contributed by atoms with van der Waals surface area (Å²) in [5, 5.41) is 3.36. The monoisotopic (exact) mass is 516 g/mol. The molecule has 0 bridgehead atoms. The lowest BCUT2D eigenvalue weighted by Gasteiger charge is -2.14. The van der Waals surface area contributed by atoms with Crippen molar-refractivity contribution in [2.75, 3.05) is 18.5 Å². The van der Waals surface area contributed by atoms with E-state index in [-0.39, 0.29) is 24.2 Å². The highest BCUT2D eigenvalue weighted by molar-refractivity contribution is 8.26. The van der Waals surface area contributed by atoms with Crippen LogP contribution >= 0.6 is 35.6 Å². The number of benzene rings is 2. The van der Waals surface area contributed by atoms with Gasteiger partial charge in [0.05, 0.1) is 17.1 Å². The number of unbranched alkanes of at least 4 members (excludes halogenated alkanes) is 1. The third kappa shape index (κ3) is 7.16. The SMILES string of the molecule is CCCCOC(=O)c1ccc(NC(=O)CCCN2C(=O)C(=Cc3ccccc3Cl)SC2=S)cc1. The number of ether oxygens (including phenoxy) is 1. The number of carbonyl (C=O) groups is 3. The number of hydrogen-bond donors (Lipinski definition) is 1. The first-order valence-electron chi connectivity index (χ1n) is 11.0. The average molecular weight is 517 g/mol. The Balaban J connectivity index is 1.46. The highest BCUT2D eigenvalue weighted by atomic mass is 35.5. The van der Waals surface area contributed by atoms with Gasteiger partial charge in [-0.15, -0.1) is 0 Å². The summed E-state index contributed by atoms with van der Waals surface area (Å²) in [5.41, 5.74) is 1.78. The number of amides is 2. The number of thioether (sulfide) groups is 1. The summed E-state index contributed by atoms with van der Waals surface area (Å²) >= 11 is 12.8. The first-order valence-corrected chi connectivity index (χ1v) is 12.6. The number of nitrogens with one attached hydrogen (secondary N) is 1. The number of thiocarbonyl (C=S) groups is 1. The van der Waals surface area contributed by atoms with Crippen molar-refractivity contribution in [3.05, 3.63) is 69.6 Å². The van der Waals surface area contributed by atoms with Crippen LogP contribution in [0.3, 0.4) is 0 Å². The van der Waals surface area contributed by atoms with Gasteiger partial charge in [-0.05, 0) is 54.8 Å². The Bertz CT molecular complexity index is 1100. The average Bonchev–Trinajstić information content (AvgIpc) is 3.08. The molecule has 1 fully saturated rings. The second-order valence-electron chi connectivity index (χ2n) is 7.57. The lowest BCUT2D eigenvalue weighted by atomic mass is 10.2. The largest absolute Gasteiger partial charge is 0.462 e. The first kappa shape index (κ1) is 25.9. The van der Waals surface area contributed by atoms with Crippen molar-refractivity contribution in [3.63, 3.8) is 0 Å². The number of rotatable bonds is 10. The molecule has 0 spiro atoms. The smallest absolute Gasteiger partial charge is 0.338 e. The van der Waals surface area contributed by atoms with Crippen LogP contribution in [0.5, 0.6) is 0 Å². The predicted molar refractivity (Wildman–Crippen MR) is 141 cm³/mol. The summed E-state index contributed by atoms with van der Waals surface area (Å²) in [6.45, 7) is 2.77. The molecule has 0 radical (unpaired) electrons. The van der Waals surface area contributed by atoms with Crippen molar-refractivity contribution >= 4 is 69.4 Å². The minimum absolute atomic E-state index is 0.184. The Labute approximate surface area is 213 Å². The van der Waals surface area contributed by atoms with Crippen molar-refractivity contribution < 1.29 is 19.1 Å². The summed E-state index contributed by atoms with van der Waals surface area (Å²) in [6, 6.07) is 13.8. The fraction of sp³-hybridized carbons (Fsp3) is 0.280. The van der Waals surface area contributed by atoms with Crippen LogP contribution in [0, 0.1) is 0 Å². The summed E-state index contributed by atoms with van der Waals surface area (Å²) < 4.78 is 5.64. The van der Waals surface area contributed by atoms with Gasteiger partial charge < -0.3 is 10.1 Å². The van der Waals surface area contributed by atoms with E-state index in [9.17, 15) is 14.4 Å². The van der Waals surface area contributed by atoms with Crippen molar-refractivity contribution in [1.29, 1.82) is 0 Å². The Morgan fingerprint density at radius 1 is 1.15 bits per heavy atom. The number of anilines is 1. The van der Waals surface area contributed by atoms with E-state index in [1.807, 2.05) is 25.1 Å². The second-order valence-corrected chi connectivity index (χ2v) is 9.66. The summed E-state index contributed by atoms with van der Waals surface area (Å²) in [4.78, 5) is 39.0. The molecule has 2 aromatic carbocycles. The lowest BCUT2D eigenvalue weighted by Crippen LogP contribution is -2.29. The fourth-order valence-electron chi connectivity index (χ4n) is 3.13. The molecule has 9 heteroatoms. The van der Waals surface area contributed by atoms with E-state index < -0.39 is 0 Å². The molecule has 6 nitrogen and oxygen atoms in total. The van der Waals surface area contributed by atoms with E-state index in [0.717, 1.165) is 18.4 Å². The molecule has 0 unspecified atom stereocenters. The van der Waals surface area contributed by atoms with Crippen molar-refractivity contribution in [2.45, 2.75) is 32.6 Å². The van der Waals surface area contributed by atoms with Crippen LogP contribution in [0.2, 0.25) is 5.02 Å². The van der Waals surface area contributed by atoms with Crippen LogP contribution in [0.15, 0.2) is 53.4 Å². The molecule has 1 N–H and O–H groups in total. The lowest BCUT2D eigenvalue weighted by molar-refractivity contribution is -0.122. The fourth-order valence-corrected chi connectivity index (χ4v) is 4.62. The maximum Gasteiger partial charge on any atom is 0.338 e. The molecule has 0 saturated carbocycles. The van der Waals surface area contributed by atoms with Gasteiger partial charge in [0, 0.05) is 23.7 Å². The molecule has 0 atom stereocenters. The van der Waals surface area contributed by atoms with E-state index in [4.69, 9.17) is 28.6 Å². The number of nitrogens with zero attached hydrogens (tertiary/aromatic N) is 1. The van der Waals surface area contributed by atoms with Gasteiger partial charge in [0.25, 0.3) is 5.91 Å². The maximum absolute atomic E-state index is 12.7. The van der Waals surface area contributed by atoms with Crippen molar-refractivity contribution in [3.8, 4) is 0 Å². The van der Waals surface area contributed by atoms with Gasteiger partial charge in [0.2, 0.25) is 5.91 Å². The number of esters is 1. The second kappa shape index (κ2) is 12.7. The number of halogens is 1. The van der Waals surface area contributed by atoms with Gasteiger partial charge in [-0.25, -0.2) is 4.79 Å². The van der Waals surface area contributed by atoms with Crippen LogP contribution in [0.4, 0.5) is 5.69 Å². The van der Waals surface area contributed by atoms with Crippen LogP contribution in [0.25, 0.3) is 6.08 Å². The third-order valence-electron chi connectivity index (χ3n) is 4.99. The van der Waals surface area contributed by atoms with Crippen LogP contribution < -0.4 is 5.32 Å². The molecule has 1 saturated heterocycles. The molecule has 2 amide bonds. The van der Waals surface area contributed by atoms with E-state index in [0.29, 0.717) is 45.1 Å². The van der Waals surface area contributed by atoms with Crippen LogP contribution in [0.1, 0.15) is 48.5 Å². The normalized spacial score (nSPS) is 14.5.